The lowest BCUT2D eigenvalue weighted by Gasteiger charge is -2.13. The molecular weight excluding hydrogens is 300 g/mol. The van der Waals surface area contributed by atoms with Gasteiger partial charge in [0, 0.05) is 0 Å². The number of carbonyl (C=O) groups excluding carboxylic acids is 1. The first kappa shape index (κ1) is 16.4. The molecule has 0 unspecified atom stereocenters. The van der Waals surface area contributed by atoms with Gasteiger partial charge >= 0.3 is 5.97 Å². The molecule has 0 aliphatic rings. The van der Waals surface area contributed by atoms with Gasteiger partial charge in [0.25, 0.3) is 0 Å². The van der Waals surface area contributed by atoms with Crippen LogP contribution in [-0.4, -0.2) is 13.1 Å². The highest BCUT2D eigenvalue weighted by atomic mass is 35.5. The van der Waals surface area contributed by atoms with E-state index < -0.39 is 0 Å². The van der Waals surface area contributed by atoms with Crippen molar-refractivity contribution in [1.82, 2.24) is 0 Å². The van der Waals surface area contributed by atoms with Crippen molar-refractivity contribution in [2.45, 2.75) is 20.0 Å². The number of hydrogen-bond acceptors (Lipinski definition) is 3. The molecule has 2 aromatic rings. The highest BCUT2D eigenvalue weighted by Crippen LogP contribution is 2.31. The lowest BCUT2D eigenvalue weighted by Crippen LogP contribution is -2.04. The summed E-state index contributed by atoms with van der Waals surface area (Å²) >= 11 is 6.30. The third kappa shape index (κ3) is 4.50. The van der Waals surface area contributed by atoms with Crippen LogP contribution in [-0.2, 0) is 22.6 Å². The third-order valence-corrected chi connectivity index (χ3v) is 3.50. The fourth-order valence-electron chi connectivity index (χ4n) is 2.12. The molecule has 0 aromatic heterocycles. The maximum atomic E-state index is 11.1. The molecule has 1 radical (unpaired) electrons. The number of aryl methyl sites for hydroxylation is 1. The second-order valence-corrected chi connectivity index (χ2v) is 5.34. The van der Waals surface area contributed by atoms with Crippen LogP contribution in [0, 0.1) is 13.3 Å². The summed E-state index contributed by atoms with van der Waals surface area (Å²) in [6.07, 6.45) is 1.96. The zero-order valence-corrected chi connectivity index (χ0v) is 13.4. The summed E-state index contributed by atoms with van der Waals surface area (Å²) in [5, 5.41) is 0.546. The predicted octanol–water partition coefficient (Wildman–Crippen LogP) is 4.15. The number of methoxy groups -OCH3 is 1. The van der Waals surface area contributed by atoms with E-state index in [-0.39, 0.29) is 5.97 Å². The van der Waals surface area contributed by atoms with Crippen molar-refractivity contribution >= 4 is 17.6 Å². The summed E-state index contributed by atoms with van der Waals surface area (Å²) in [7, 11) is 1.36. The van der Waals surface area contributed by atoms with Crippen LogP contribution in [0.2, 0.25) is 5.02 Å². The molecule has 0 saturated heterocycles. The summed E-state index contributed by atoms with van der Waals surface area (Å²) in [5.41, 5.74) is 2.97. The molecule has 0 atom stereocenters. The minimum Gasteiger partial charge on any atom is -0.487 e. The lowest BCUT2D eigenvalue weighted by atomic mass is 10.1. The Kier molecular flexibility index (Phi) is 5.84. The molecule has 2 rings (SSSR count). The first-order valence-electron chi connectivity index (χ1n) is 6.97. The lowest BCUT2D eigenvalue weighted by molar-refractivity contribution is -0.136. The number of hydrogen-bond donors (Lipinski definition) is 0. The summed E-state index contributed by atoms with van der Waals surface area (Å²) in [6, 6.07) is 13.7. The predicted molar refractivity (Wildman–Crippen MR) is 87.0 cm³/mol. The number of halogens is 1. The molecule has 0 spiro atoms. The Morgan fingerprint density at radius 3 is 2.55 bits per heavy atom. The average molecular weight is 318 g/mol. The molecule has 0 aliphatic heterocycles. The zero-order chi connectivity index (χ0) is 15.9. The molecule has 0 N–H and O–H groups in total. The van der Waals surface area contributed by atoms with Crippen molar-refractivity contribution in [1.29, 1.82) is 0 Å². The van der Waals surface area contributed by atoms with Crippen LogP contribution in [0.15, 0.2) is 42.5 Å². The van der Waals surface area contributed by atoms with E-state index in [2.05, 4.69) is 4.74 Å². The minimum absolute atomic E-state index is 0.349. The third-order valence-electron chi connectivity index (χ3n) is 3.22. The van der Waals surface area contributed by atoms with Gasteiger partial charge in [-0.1, -0.05) is 48.0 Å². The van der Waals surface area contributed by atoms with Gasteiger partial charge in [0.05, 0.1) is 18.6 Å². The molecule has 22 heavy (non-hydrogen) atoms. The normalized spacial score (nSPS) is 10.3. The van der Waals surface area contributed by atoms with Gasteiger partial charge < -0.3 is 9.47 Å². The molecule has 3 nitrogen and oxygen atoms in total. The molecule has 0 fully saturated rings. The quantitative estimate of drug-likeness (QED) is 0.751. The molecule has 0 amide bonds. The van der Waals surface area contributed by atoms with Gasteiger partial charge in [0.2, 0.25) is 0 Å². The number of rotatable bonds is 6. The van der Waals surface area contributed by atoms with E-state index in [9.17, 15) is 4.79 Å². The molecular formula is C18H18ClO3. The number of esters is 1. The number of carbonyl (C=O) groups is 1. The monoisotopic (exact) mass is 317 g/mol. The Morgan fingerprint density at radius 2 is 1.91 bits per heavy atom. The fourth-order valence-corrected chi connectivity index (χ4v) is 2.46. The maximum absolute atomic E-state index is 11.1. The standard InChI is InChI=1S/C18H18ClO3/c1-13-10-15(8-9-17(20)21-2)11-16(19)18(13)22-12-14-6-4-3-5-7-14/h3-7,9-11H,8,12H2,1-2H3. The van der Waals surface area contributed by atoms with Crippen LogP contribution >= 0.6 is 11.6 Å². The van der Waals surface area contributed by atoms with Crippen LogP contribution in [0.4, 0.5) is 0 Å². The molecule has 4 heteroatoms. The van der Waals surface area contributed by atoms with E-state index >= 15 is 0 Å². The van der Waals surface area contributed by atoms with E-state index in [1.54, 1.807) is 0 Å². The van der Waals surface area contributed by atoms with Crippen LogP contribution in [0.25, 0.3) is 0 Å². The first-order valence-corrected chi connectivity index (χ1v) is 7.35. The van der Waals surface area contributed by atoms with Crippen molar-refractivity contribution < 1.29 is 14.3 Å². The average Bonchev–Trinajstić information content (AvgIpc) is 2.52. The largest absolute Gasteiger partial charge is 0.487 e. The SMILES string of the molecule is COC(=O)[CH]Cc1cc(C)c(OCc2ccccc2)c(Cl)c1. The van der Waals surface area contributed by atoms with Gasteiger partial charge in [-0.2, -0.15) is 0 Å². The Bertz CT molecular complexity index is 615. The molecule has 0 saturated carbocycles. The summed E-state index contributed by atoms with van der Waals surface area (Å²) < 4.78 is 10.4. The van der Waals surface area contributed by atoms with E-state index in [0.717, 1.165) is 16.7 Å². The van der Waals surface area contributed by atoms with Crippen LogP contribution < -0.4 is 4.74 Å². The number of ether oxygens (including phenoxy) is 2. The Balaban J connectivity index is 2.05. The van der Waals surface area contributed by atoms with E-state index in [1.165, 1.54) is 13.5 Å². The van der Waals surface area contributed by atoms with E-state index in [0.29, 0.717) is 23.8 Å². The van der Waals surface area contributed by atoms with Crippen LogP contribution in [0.5, 0.6) is 5.75 Å². The molecule has 0 aliphatic carbocycles. The smallest absolute Gasteiger partial charge is 0.309 e. The summed E-state index contributed by atoms with van der Waals surface area (Å²) in [4.78, 5) is 11.1. The van der Waals surface area contributed by atoms with Crippen molar-refractivity contribution in [2.24, 2.45) is 0 Å². The van der Waals surface area contributed by atoms with E-state index in [4.69, 9.17) is 16.3 Å². The molecule has 0 bridgehead atoms. The Hall–Kier alpha value is -2.00. The molecule has 2 aromatic carbocycles. The van der Waals surface area contributed by atoms with Gasteiger partial charge in [-0.15, -0.1) is 0 Å². The molecule has 115 valence electrons. The van der Waals surface area contributed by atoms with E-state index in [1.807, 2.05) is 49.4 Å². The molecule has 0 heterocycles. The van der Waals surface area contributed by atoms with Gasteiger partial charge in [-0.05, 0) is 36.1 Å². The Labute approximate surface area is 135 Å². The first-order chi connectivity index (χ1) is 10.6. The van der Waals surface area contributed by atoms with Gasteiger partial charge in [0.1, 0.15) is 12.4 Å². The van der Waals surface area contributed by atoms with Crippen LogP contribution in [0.3, 0.4) is 0 Å². The summed E-state index contributed by atoms with van der Waals surface area (Å²) in [6.45, 7) is 2.41. The second kappa shape index (κ2) is 7.85. The Morgan fingerprint density at radius 1 is 1.18 bits per heavy atom. The van der Waals surface area contributed by atoms with Crippen molar-refractivity contribution in [3.63, 3.8) is 0 Å². The van der Waals surface area contributed by atoms with Gasteiger partial charge in [0.15, 0.2) is 0 Å². The second-order valence-electron chi connectivity index (χ2n) is 4.93. The van der Waals surface area contributed by atoms with Gasteiger partial charge in [-0.25, -0.2) is 0 Å². The maximum Gasteiger partial charge on any atom is 0.309 e. The fraction of sp³-hybridized carbons (Fsp3) is 0.222. The van der Waals surface area contributed by atoms with Crippen LogP contribution in [0.1, 0.15) is 16.7 Å². The van der Waals surface area contributed by atoms with Crippen molar-refractivity contribution in [3.8, 4) is 5.75 Å². The topological polar surface area (TPSA) is 35.5 Å². The highest BCUT2D eigenvalue weighted by Gasteiger charge is 2.10. The van der Waals surface area contributed by atoms with Crippen molar-refractivity contribution in [2.75, 3.05) is 7.11 Å². The zero-order valence-electron chi connectivity index (χ0n) is 12.6. The highest BCUT2D eigenvalue weighted by molar-refractivity contribution is 6.32. The van der Waals surface area contributed by atoms with Gasteiger partial charge in [-0.3, -0.25) is 4.79 Å². The summed E-state index contributed by atoms with van der Waals surface area (Å²) in [5.74, 6) is 0.325. The minimum atomic E-state index is -0.349. The number of benzene rings is 2. The van der Waals surface area contributed by atoms with Crippen molar-refractivity contribution in [3.05, 3.63) is 70.6 Å².